The van der Waals surface area contributed by atoms with Gasteiger partial charge in [0.25, 0.3) is 11.8 Å². The molecule has 4 aliphatic rings. The van der Waals surface area contributed by atoms with Gasteiger partial charge in [0, 0.05) is 32.1 Å². The molecule has 4 amide bonds. The summed E-state index contributed by atoms with van der Waals surface area (Å²) in [5, 5.41) is 35.1. The van der Waals surface area contributed by atoms with E-state index in [4.69, 9.17) is 32.7 Å². The van der Waals surface area contributed by atoms with Crippen LogP contribution in [0.5, 0.6) is 17.2 Å². The molecule has 2 saturated heterocycles. The van der Waals surface area contributed by atoms with Gasteiger partial charge in [-0.05, 0) is 60.7 Å². The van der Waals surface area contributed by atoms with E-state index >= 15 is 0 Å². The molecule has 3 aromatic rings. The average molecular weight is 799 g/mol. The van der Waals surface area contributed by atoms with Gasteiger partial charge >= 0.3 is 11.4 Å². The Morgan fingerprint density at radius 1 is 0.855 bits per heavy atom. The minimum atomic E-state index is -2.32. The number of hydrogen-bond donors (Lipinski definition) is 1. The number of phenols is 1. The van der Waals surface area contributed by atoms with Crippen molar-refractivity contribution in [1.29, 1.82) is 0 Å². The number of carbonyl (C=O) groups excluding carboxylic acids is 4. The van der Waals surface area contributed by atoms with E-state index in [-0.39, 0.29) is 34.9 Å². The van der Waals surface area contributed by atoms with Crippen LogP contribution in [0.1, 0.15) is 24.3 Å². The van der Waals surface area contributed by atoms with E-state index in [1.54, 1.807) is 6.08 Å². The van der Waals surface area contributed by atoms with Crippen molar-refractivity contribution >= 4 is 75.3 Å². The molecule has 0 unspecified atom stereocenters. The van der Waals surface area contributed by atoms with Crippen molar-refractivity contribution in [1.82, 2.24) is 0 Å². The first kappa shape index (κ1) is 37.5. The van der Waals surface area contributed by atoms with Crippen LogP contribution in [0.25, 0.3) is 0 Å². The van der Waals surface area contributed by atoms with Gasteiger partial charge in [0.05, 0.1) is 47.3 Å². The summed E-state index contributed by atoms with van der Waals surface area (Å²) in [5.74, 6) is -9.65. The predicted molar refractivity (Wildman–Crippen MR) is 194 cm³/mol. The van der Waals surface area contributed by atoms with Crippen LogP contribution in [0.2, 0.25) is 0 Å². The van der Waals surface area contributed by atoms with Gasteiger partial charge in [-0.2, -0.15) is 0 Å². The van der Waals surface area contributed by atoms with Gasteiger partial charge in [0.2, 0.25) is 17.6 Å². The van der Waals surface area contributed by atoms with Crippen LogP contribution in [0.4, 0.5) is 32.8 Å². The van der Waals surface area contributed by atoms with Gasteiger partial charge in [-0.25, -0.2) is 14.2 Å². The number of nitro groups is 2. The van der Waals surface area contributed by atoms with Gasteiger partial charge in [-0.1, -0.05) is 11.6 Å². The molecule has 0 radical (unpaired) electrons. The number of alkyl halides is 2. The van der Waals surface area contributed by atoms with Crippen LogP contribution in [0.15, 0.2) is 60.2 Å². The number of rotatable bonds is 8. The maximum absolute atomic E-state index is 14.6. The smallest absolute Gasteiger partial charge is 0.301 e. The highest BCUT2D eigenvalue weighted by Gasteiger charge is 2.76. The molecular weight excluding hydrogens is 768 g/mol. The van der Waals surface area contributed by atoms with E-state index in [9.17, 15) is 48.9 Å². The first-order chi connectivity index (χ1) is 25.9. The van der Waals surface area contributed by atoms with Gasteiger partial charge in [-0.15, -0.1) is 23.2 Å². The molecule has 0 aromatic heterocycles. The standard InChI is InChI=1S/C36H30Cl2FN5O11/c1-40(2)29-23(43(50)51)13-19(14-24(29)44(52)53)41-31(46)21-10-9-20-22(27(21)32(41)47)15-35(37)33(48)42(18-7-5-17(39)6-8-18)34(49)36(35,38)28(20)16-11-25(54-3)30(45)26(12-16)55-4/h5-9,11-14,21-22,27-28,45H,10,15H2,1-4H3/t21-,22+,27-,28-,35+,36-/m0/s1. The zero-order valence-corrected chi connectivity index (χ0v) is 30.8. The summed E-state index contributed by atoms with van der Waals surface area (Å²) in [4.78, 5) is 78.4. The fraction of sp³-hybridized carbons (Fsp3) is 0.333. The van der Waals surface area contributed by atoms with E-state index in [2.05, 4.69) is 0 Å². The molecule has 6 atom stereocenters. The molecule has 19 heteroatoms. The summed E-state index contributed by atoms with van der Waals surface area (Å²) in [5.41, 5.74) is -1.72. The maximum atomic E-state index is 14.6. The van der Waals surface area contributed by atoms with Crippen LogP contribution in [0, 0.1) is 43.8 Å². The number of aromatic hydroxyl groups is 1. The van der Waals surface area contributed by atoms with Crippen molar-refractivity contribution < 1.29 is 48.0 Å². The Bertz CT molecular complexity index is 2230. The summed E-state index contributed by atoms with van der Waals surface area (Å²) in [7, 11) is 5.28. The van der Waals surface area contributed by atoms with Crippen LogP contribution < -0.4 is 24.2 Å². The second-order valence-corrected chi connectivity index (χ2v) is 15.0. The lowest BCUT2D eigenvalue weighted by atomic mass is 9.56. The highest BCUT2D eigenvalue weighted by molar-refractivity contribution is 6.58. The average Bonchev–Trinajstić information content (AvgIpc) is 3.48. The molecule has 55 heavy (non-hydrogen) atoms. The number of methoxy groups -OCH3 is 2. The largest absolute Gasteiger partial charge is 0.502 e. The van der Waals surface area contributed by atoms with E-state index in [0.717, 1.165) is 29.2 Å². The number of halogens is 3. The molecule has 286 valence electrons. The predicted octanol–water partition coefficient (Wildman–Crippen LogP) is 5.20. The second kappa shape index (κ2) is 12.9. The Labute approximate surface area is 320 Å². The fourth-order valence-corrected chi connectivity index (χ4v) is 9.50. The number of benzene rings is 3. The Hall–Kier alpha value is -5.81. The number of phenolic OH excluding ortho intramolecular Hbond substituents is 1. The van der Waals surface area contributed by atoms with Crippen molar-refractivity contribution in [3.8, 4) is 17.2 Å². The van der Waals surface area contributed by atoms with Crippen LogP contribution in [-0.4, -0.2) is 76.6 Å². The first-order valence-electron chi connectivity index (χ1n) is 16.6. The number of nitro benzene ring substituents is 2. The number of fused-ring (bicyclic) bond motifs is 4. The molecule has 2 aliphatic heterocycles. The molecule has 3 aromatic carbocycles. The minimum Gasteiger partial charge on any atom is -0.502 e. The lowest BCUT2D eigenvalue weighted by molar-refractivity contribution is -0.392. The molecule has 2 aliphatic carbocycles. The number of nitrogens with zero attached hydrogens (tertiary/aromatic N) is 5. The number of ether oxygens (including phenoxy) is 2. The molecular formula is C36H30Cl2FN5O11. The monoisotopic (exact) mass is 797 g/mol. The van der Waals surface area contributed by atoms with Crippen molar-refractivity contribution in [2.75, 3.05) is 43.0 Å². The Kier molecular flexibility index (Phi) is 8.80. The van der Waals surface area contributed by atoms with Crippen LogP contribution in [-0.2, 0) is 19.2 Å². The van der Waals surface area contributed by atoms with Crippen molar-refractivity contribution in [2.45, 2.75) is 28.5 Å². The molecule has 16 nitrogen and oxygen atoms in total. The summed E-state index contributed by atoms with van der Waals surface area (Å²) in [6, 6.07) is 9.04. The molecule has 1 saturated carbocycles. The minimum absolute atomic E-state index is 0.0389. The molecule has 0 bridgehead atoms. The quantitative estimate of drug-likeness (QED) is 0.103. The highest BCUT2D eigenvalue weighted by Crippen LogP contribution is 2.66. The molecule has 0 spiro atoms. The van der Waals surface area contributed by atoms with E-state index in [1.165, 1.54) is 57.5 Å². The fourth-order valence-electron chi connectivity index (χ4n) is 8.56. The lowest BCUT2D eigenvalue weighted by Gasteiger charge is -2.50. The molecule has 1 N–H and O–H groups in total. The summed E-state index contributed by atoms with van der Waals surface area (Å²) in [6.07, 6.45) is 1.06. The normalized spacial score (nSPS) is 27.0. The van der Waals surface area contributed by atoms with Gasteiger partial charge in [0.1, 0.15) is 5.82 Å². The molecule has 2 heterocycles. The van der Waals surface area contributed by atoms with Crippen LogP contribution >= 0.6 is 23.2 Å². The third-order valence-corrected chi connectivity index (χ3v) is 12.3. The van der Waals surface area contributed by atoms with Crippen LogP contribution in [0.3, 0.4) is 0 Å². The van der Waals surface area contributed by atoms with Gasteiger partial charge < -0.3 is 19.5 Å². The number of anilines is 3. The Morgan fingerprint density at radius 2 is 1.42 bits per heavy atom. The van der Waals surface area contributed by atoms with E-state index in [1.807, 2.05) is 0 Å². The lowest BCUT2D eigenvalue weighted by Crippen LogP contribution is -2.60. The zero-order chi connectivity index (χ0) is 40.0. The topological polar surface area (TPSA) is 203 Å². The number of carbonyl (C=O) groups is 4. The number of amides is 4. The first-order valence-corrected chi connectivity index (χ1v) is 17.4. The number of allylic oxidation sites excluding steroid dienone is 2. The van der Waals surface area contributed by atoms with Gasteiger partial charge in [-0.3, -0.25) is 39.4 Å². The van der Waals surface area contributed by atoms with Crippen molar-refractivity contribution in [3.05, 3.63) is 91.8 Å². The maximum Gasteiger partial charge on any atom is 0.301 e. The molecule has 7 rings (SSSR count). The number of imide groups is 2. The Balaban J connectivity index is 1.42. The number of hydrogen-bond acceptors (Lipinski definition) is 12. The summed E-state index contributed by atoms with van der Waals surface area (Å²) < 4.78 is 24.7. The van der Waals surface area contributed by atoms with Crippen molar-refractivity contribution in [3.63, 3.8) is 0 Å². The van der Waals surface area contributed by atoms with Gasteiger partial charge in [0.15, 0.2) is 26.9 Å². The summed E-state index contributed by atoms with van der Waals surface area (Å²) >= 11 is 14.8. The zero-order valence-electron chi connectivity index (χ0n) is 29.3. The van der Waals surface area contributed by atoms with Crippen molar-refractivity contribution in [2.24, 2.45) is 17.8 Å². The van der Waals surface area contributed by atoms with E-state index < -0.39 is 102 Å². The highest BCUT2D eigenvalue weighted by atomic mass is 35.5. The summed E-state index contributed by atoms with van der Waals surface area (Å²) in [6.45, 7) is 0. The van der Waals surface area contributed by atoms with E-state index in [0.29, 0.717) is 10.5 Å². The third-order valence-electron chi connectivity index (χ3n) is 10.9. The molecule has 3 fully saturated rings. The third kappa shape index (κ3) is 5.16. The Morgan fingerprint density at radius 3 is 1.93 bits per heavy atom. The SMILES string of the molecule is COc1cc([C@H]2C3=CC[C@@H]4C(=O)N(c5cc([N+](=O)[O-])c(N(C)C)c([N+](=O)[O-])c5)C(=O)[C@@H]4[C@@H]3C[C@@]3(Cl)C(=O)N(c4ccc(F)cc4)C(=O)[C@@]23Cl)cc(OC)c1O. The second-order valence-electron chi connectivity index (χ2n) is 13.8.